The highest BCUT2D eigenvalue weighted by atomic mass is 19.1. The van der Waals surface area contributed by atoms with Gasteiger partial charge in [0.25, 0.3) is 0 Å². The average molecular weight is 289 g/mol. The lowest BCUT2D eigenvalue weighted by atomic mass is 10.1. The Kier molecular flexibility index (Phi) is 4.19. The molecule has 2 heterocycles. The van der Waals surface area contributed by atoms with Gasteiger partial charge in [-0.25, -0.2) is 4.39 Å². The van der Waals surface area contributed by atoms with Gasteiger partial charge >= 0.3 is 0 Å². The van der Waals surface area contributed by atoms with Crippen LogP contribution < -0.4 is 14.2 Å². The number of alkyl halides is 1. The molecule has 1 aromatic heterocycles. The van der Waals surface area contributed by atoms with E-state index in [1.54, 1.807) is 12.3 Å². The lowest BCUT2D eigenvalue weighted by Crippen LogP contribution is -1.99. The Labute approximate surface area is 122 Å². The summed E-state index contributed by atoms with van der Waals surface area (Å²) < 4.78 is 28.7. The maximum absolute atomic E-state index is 12.1. The summed E-state index contributed by atoms with van der Waals surface area (Å²) in [5.41, 5.74) is 1.65. The molecule has 0 amide bonds. The number of pyridine rings is 1. The number of halogens is 1. The van der Waals surface area contributed by atoms with Gasteiger partial charge in [0.05, 0.1) is 25.1 Å². The van der Waals surface area contributed by atoms with Crippen LogP contribution in [-0.4, -0.2) is 31.5 Å². The fourth-order valence-electron chi connectivity index (χ4n) is 2.18. The fourth-order valence-corrected chi connectivity index (χ4v) is 2.18. The third-order valence-corrected chi connectivity index (χ3v) is 3.13. The summed E-state index contributed by atoms with van der Waals surface area (Å²) in [6.45, 7) is 0.805. The second-order valence-electron chi connectivity index (χ2n) is 4.60. The number of benzene rings is 1. The Morgan fingerprint density at radius 3 is 2.86 bits per heavy atom. The molecule has 0 N–H and O–H groups in total. The van der Waals surface area contributed by atoms with Crippen molar-refractivity contribution in [2.75, 3.05) is 26.5 Å². The zero-order valence-corrected chi connectivity index (χ0v) is 11.5. The van der Waals surface area contributed by atoms with Crippen LogP contribution in [-0.2, 0) is 0 Å². The van der Waals surface area contributed by atoms with Crippen LogP contribution >= 0.6 is 0 Å². The van der Waals surface area contributed by atoms with E-state index in [1.807, 2.05) is 24.3 Å². The molecule has 0 bridgehead atoms. The van der Waals surface area contributed by atoms with E-state index in [9.17, 15) is 4.39 Å². The molecule has 0 saturated heterocycles. The number of para-hydroxylation sites is 1. The van der Waals surface area contributed by atoms with Crippen molar-refractivity contribution in [1.29, 1.82) is 0 Å². The largest absolute Gasteiger partial charge is 0.490 e. The molecule has 3 rings (SSSR count). The van der Waals surface area contributed by atoms with E-state index in [-0.39, 0.29) is 6.61 Å². The number of nitrogens with zero attached hydrogens (tertiary/aromatic N) is 1. The van der Waals surface area contributed by atoms with Crippen LogP contribution in [0.1, 0.15) is 6.42 Å². The van der Waals surface area contributed by atoms with E-state index >= 15 is 0 Å². The van der Waals surface area contributed by atoms with Crippen molar-refractivity contribution in [2.24, 2.45) is 0 Å². The molecule has 0 radical (unpaired) electrons. The number of ether oxygens (including phenoxy) is 3. The number of fused-ring (bicyclic) bond motifs is 1. The Balaban J connectivity index is 1.89. The van der Waals surface area contributed by atoms with Crippen LogP contribution in [0.3, 0.4) is 0 Å². The molecule has 0 fully saturated rings. The van der Waals surface area contributed by atoms with Crippen molar-refractivity contribution in [3.8, 4) is 28.5 Å². The monoisotopic (exact) mass is 289 g/mol. The zero-order chi connectivity index (χ0) is 14.5. The van der Waals surface area contributed by atoms with E-state index in [1.165, 1.54) is 0 Å². The molecule has 0 aliphatic carbocycles. The lowest BCUT2D eigenvalue weighted by molar-refractivity contribution is 0.272. The van der Waals surface area contributed by atoms with Gasteiger partial charge in [-0.1, -0.05) is 6.07 Å². The minimum absolute atomic E-state index is 0.0404. The van der Waals surface area contributed by atoms with Gasteiger partial charge < -0.3 is 14.2 Å². The standard InChI is InChI=1S/C16H16FNO3/c17-7-10-19-12-5-6-14(18-11-12)13-3-1-4-15-16(13)21-9-2-8-20-15/h1,3-6,11H,2,7-10H2. The predicted octanol–water partition coefficient (Wildman–Crippen LogP) is 3.26. The van der Waals surface area contributed by atoms with E-state index in [4.69, 9.17) is 14.2 Å². The molecule has 0 saturated carbocycles. The SMILES string of the molecule is FCCOc1ccc(-c2cccc3c2OCCCO3)nc1. The maximum Gasteiger partial charge on any atom is 0.170 e. The third-order valence-electron chi connectivity index (χ3n) is 3.13. The minimum atomic E-state index is -0.515. The van der Waals surface area contributed by atoms with E-state index < -0.39 is 6.67 Å². The molecule has 0 spiro atoms. The van der Waals surface area contributed by atoms with Crippen LogP contribution in [0.5, 0.6) is 17.2 Å². The number of rotatable bonds is 4. The van der Waals surface area contributed by atoms with Crippen molar-refractivity contribution >= 4 is 0 Å². The molecule has 4 nitrogen and oxygen atoms in total. The van der Waals surface area contributed by atoms with Crippen molar-refractivity contribution in [3.05, 3.63) is 36.5 Å². The highest BCUT2D eigenvalue weighted by Gasteiger charge is 2.16. The minimum Gasteiger partial charge on any atom is -0.490 e. The van der Waals surface area contributed by atoms with Gasteiger partial charge in [-0.2, -0.15) is 0 Å². The normalized spacial score (nSPS) is 13.6. The number of hydrogen-bond donors (Lipinski definition) is 0. The molecule has 1 aromatic carbocycles. The summed E-state index contributed by atoms with van der Waals surface area (Å²) >= 11 is 0. The maximum atomic E-state index is 12.1. The van der Waals surface area contributed by atoms with Crippen LogP contribution in [0.25, 0.3) is 11.3 Å². The number of hydrogen-bond acceptors (Lipinski definition) is 4. The molecule has 0 unspecified atom stereocenters. The number of aromatic nitrogens is 1. The molecule has 21 heavy (non-hydrogen) atoms. The van der Waals surface area contributed by atoms with E-state index in [0.29, 0.717) is 19.0 Å². The summed E-state index contributed by atoms with van der Waals surface area (Å²) in [6, 6.07) is 9.35. The van der Waals surface area contributed by atoms with Crippen LogP contribution in [0.4, 0.5) is 4.39 Å². The summed E-state index contributed by atoms with van der Waals surface area (Å²) in [7, 11) is 0. The summed E-state index contributed by atoms with van der Waals surface area (Å²) in [4.78, 5) is 4.36. The lowest BCUT2D eigenvalue weighted by Gasteiger charge is -2.12. The second kappa shape index (κ2) is 6.43. The Morgan fingerprint density at radius 2 is 2.05 bits per heavy atom. The first kappa shape index (κ1) is 13.7. The zero-order valence-electron chi connectivity index (χ0n) is 11.5. The van der Waals surface area contributed by atoms with Crippen molar-refractivity contribution in [3.63, 3.8) is 0 Å². The third kappa shape index (κ3) is 3.07. The van der Waals surface area contributed by atoms with Gasteiger partial charge in [0, 0.05) is 12.0 Å². The van der Waals surface area contributed by atoms with Crippen molar-refractivity contribution in [1.82, 2.24) is 4.98 Å². The van der Waals surface area contributed by atoms with Gasteiger partial charge in [-0.3, -0.25) is 4.98 Å². The molecule has 110 valence electrons. The first-order chi connectivity index (χ1) is 10.4. The molecular formula is C16H16FNO3. The Hall–Kier alpha value is -2.30. The van der Waals surface area contributed by atoms with Crippen LogP contribution in [0, 0.1) is 0 Å². The highest BCUT2D eigenvalue weighted by molar-refractivity contribution is 5.71. The van der Waals surface area contributed by atoms with Gasteiger partial charge in [0.15, 0.2) is 11.5 Å². The smallest absolute Gasteiger partial charge is 0.170 e. The van der Waals surface area contributed by atoms with E-state index in [0.717, 1.165) is 29.2 Å². The quantitative estimate of drug-likeness (QED) is 0.866. The summed E-state index contributed by atoms with van der Waals surface area (Å²) in [5, 5.41) is 0. The van der Waals surface area contributed by atoms with Crippen LogP contribution in [0.15, 0.2) is 36.5 Å². The topological polar surface area (TPSA) is 40.6 Å². The fraction of sp³-hybridized carbons (Fsp3) is 0.312. The molecule has 1 aliphatic rings. The highest BCUT2D eigenvalue weighted by Crippen LogP contribution is 2.38. The molecular weight excluding hydrogens is 273 g/mol. The van der Waals surface area contributed by atoms with E-state index in [2.05, 4.69) is 4.98 Å². The predicted molar refractivity (Wildman–Crippen MR) is 76.8 cm³/mol. The second-order valence-corrected chi connectivity index (χ2v) is 4.60. The van der Waals surface area contributed by atoms with Crippen molar-refractivity contribution < 1.29 is 18.6 Å². The van der Waals surface area contributed by atoms with Gasteiger partial charge in [-0.05, 0) is 24.3 Å². The Morgan fingerprint density at radius 1 is 1.14 bits per heavy atom. The summed E-state index contributed by atoms with van der Waals surface area (Å²) in [6.07, 6.45) is 2.44. The van der Waals surface area contributed by atoms with Crippen molar-refractivity contribution in [2.45, 2.75) is 6.42 Å². The molecule has 0 atom stereocenters. The van der Waals surface area contributed by atoms with Gasteiger partial charge in [-0.15, -0.1) is 0 Å². The molecule has 5 heteroatoms. The molecule has 2 aromatic rings. The average Bonchev–Trinajstić information content (AvgIpc) is 2.78. The summed E-state index contributed by atoms with van der Waals surface area (Å²) in [5.74, 6) is 2.01. The van der Waals surface area contributed by atoms with Gasteiger partial charge in [0.2, 0.25) is 0 Å². The first-order valence-electron chi connectivity index (χ1n) is 6.92. The Bertz CT molecular complexity index is 601. The van der Waals surface area contributed by atoms with Crippen LogP contribution in [0.2, 0.25) is 0 Å². The van der Waals surface area contributed by atoms with Gasteiger partial charge in [0.1, 0.15) is 19.0 Å². The first-order valence-corrected chi connectivity index (χ1v) is 6.92. The molecule has 1 aliphatic heterocycles.